The second-order valence-corrected chi connectivity index (χ2v) is 3.59. The fraction of sp³-hybridized carbons (Fsp3) is 0.800. The zero-order chi connectivity index (χ0) is 11.3. The van der Waals surface area contributed by atoms with Gasteiger partial charge in [0.2, 0.25) is 0 Å². The molecule has 1 rings (SSSR count). The third-order valence-electron chi connectivity index (χ3n) is 2.47. The minimum atomic E-state index is -0.398. The summed E-state index contributed by atoms with van der Waals surface area (Å²) in [6.07, 6.45) is 0.449. The van der Waals surface area contributed by atoms with Crippen molar-refractivity contribution in [2.75, 3.05) is 26.3 Å². The fourth-order valence-electron chi connectivity index (χ4n) is 1.43. The maximum Gasteiger partial charge on any atom is 0.318 e. The molecule has 1 heterocycles. The van der Waals surface area contributed by atoms with Crippen LogP contribution in [-0.4, -0.2) is 49.1 Å². The molecule has 0 aliphatic carbocycles. The molecule has 0 aromatic carbocycles. The molecule has 1 aliphatic heterocycles. The summed E-state index contributed by atoms with van der Waals surface area (Å²) < 4.78 is 5.13. The molecule has 1 aliphatic rings. The van der Waals surface area contributed by atoms with Crippen LogP contribution in [0.2, 0.25) is 0 Å². The summed E-state index contributed by atoms with van der Waals surface area (Å²) in [5, 5.41) is 2.68. The second-order valence-electron chi connectivity index (χ2n) is 3.59. The third kappa shape index (κ3) is 3.51. The maximum atomic E-state index is 11.6. The number of nitrogens with zero attached hydrogens (tertiary/aromatic N) is 1. The van der Waals surface area contributed by atoms with Gasteiger partial charge in [-0.3, -0.25) is 4.79 Å². The highest BCUT2D eigenvalue weighted by Gasteiger charge is 2.20. The number of ether oxygens (including phenoxy) is 1. The van der Waals surface area contributed by atoms with E-state index in [2.05, 4.69) is 5.32 Å². The van der Waals surface area contributed by atoms with Crippen LogP contribution in [0.5, 0.6) is 0 Å². The lowest BCUT2D eigenvalue weighted by molar-refractivity contribution is -0.120. The first-order valence-electron chi connectivity index (χ1n) is 5.31. The van der Waals surface area contributed by atoms with Crippen LogP contribution in [0, 0.1) is 0 Å². The van der Waals surface area contributed by atoms with Crippen molar-refractivity contribution < 1.29 is 14.3 Å². The predicted octanol–water partition coefficient (Wildman–Crippen LogP) is 0.396. The topological polar surface area (TPSA) is 58.6 Å². The van der Waals surface area contributed by atoms with Crippen LogP contribution < -0.4 is 5.32 Å². The number of morpholine rings is 1. The molecule has 0 spiro atoms. The van der Waals surface area contributed by atoms with Crippen molar-refractivity contribution in [3.05, 3.63) is 0 Å². The lowest BCUT2D eigenvalue weighted by atomic mass is 10.2. The normalized spacial score (nSPS) is 18.4. The minimum absolute atomic E-state index is 0.0524. The minimum Gasteiger partial charge on any atom is -0.378 e. The van der Waals surface area contributed by atoms with Crippen LogP contribution in [0.4, 0.5) is 4.79 Å². The first-order valence-corrected chi connectivity index (χ1v) is 5.31. The van der Waals surface area contributed by atoms with Crippen LogP contribution in [-0.2, 0) is 9.53 Å². The number of nitrogens with one attached hydrogen (secondary N) is 1. The molecule has 1 saturated heterocycles. The van der Waals surface area contributed by atoms with Crippen LogP contribution >= 0.6 is 0 Å². The number of carbonyl (C=O) groups excluding carboxylic acids is 2. The van der Waals surface area contributed by atoms with E-state index in [1.165, 1.54) is 0 Å². The van der Waals surface area contributed by atoms with Gasteiger partial charge >= 0.3 is 6.03 Å². The third-order valence-corrected chi connectivity index (χ3v) is 2.47. The average Bonchev–Trinajstić information content (AvgIpc) is 2.29. The Hall–Kier alpha value is -1.10. The Bertz CT molecular complexity index is 237. The van der Waals surface area contributed by atoms with Gasteiger partial charge in [-0.25, -0.2) is 4.79 Å². The zero-order valence-electron chi connectivity index (χ0n) is 9.28. The van der Waals surface area contributed by atoms with Crippen LogP contribution in [0.3, 0.4) is 0 Å². The predicted molar refractivity (Wildman–Crippen MR) is 55.7 cm³/mol. The van der Waals surface area contributed by atoms with Crippen molar-refractivity contribution in [2.45, 2.75) is 26.3 Å². The van der Waals surface area contributed by atoms with Crippen molar-refractivity contribution in [2.24, 2.45) is 0 Å². The fourth-order valence-corrected chi connectivity index (χ4v) is 1.43. The van der Waals surface area contributed by atoms with Gasteiger partial charge < -0.3 is 15.0 Å². The Kier molecular flexibility index (Phi) is 4.55. The summed E-state index contributed by atoms with van der Waals surface area (Å²) >= 11 is 0. The quantitative estimate of drug-likeness (QED) is 0.739. The summed E-state index contributed by atoms with van der Waals surface area (Å²) in [4.78, 5) is 24.6. The first-order chi connectivity index (χ1) is 7.15. The SMILES string of the molecule is CCC(=O)C(C)NC(=O)N1CCOCC1. The molecule has 1 atom stereocenters. The van der Waals surface area contributed by atoms with Gasteiger partial charge in [-0.15, -0.1) is 0 Å². The van der Waals surface area contributed by atoms with E-state index < -0.39 is 6.04 Å². The number of ketones is 1. The van der Waals surface area contributed by atoms with E-state index in [1.807, 2.05) is 0 Å². The Labute approximate surface area is 89.8 Å². The molecule has 2 amide bonds. The van der Waals surface area contributed by atoms with Gasteiger partial charge in [0.25, 0.3) is 0 Å². The molecule has 1 N–H and O–H groups in total. The average molecular weight is 214 g/mol. The van der Waals surface area contributed by atoms with Gasteiger partial charge in [-0.05, 0) is 6.92 Å². The maximum absolute atomic E-state index is 11.6. The zero-order valence-corrected chi connectivity index (χ0v) is 9.28. The number of rotatable bonds is 3. The number of urea groups is 1. The number of hydrogen-bond donors (Lipinski definition) is 1. The van der Waals surface area contributed by atoms with Gasteiger partial charge in [0.1, 0.15) is 0 Å². The number of carbonyl (C=O) groups is 2. The van der Waals surface area contributed by atoms with E-state index in [4.69, 9.17) is 4.74 Å². The summed E-state index contributed by atoms with van der Waals surface area (Å²) in [6, 6.07) is -0.571. The van der Waals surface area contributed by atoms with Crippen LogP contribution in [0.15, 0.2) is 0 Å². The largest absolute Gasteiger partial charge is 0.378 e. The van der Waals surface area contributed by atoms with Gasteiger partial charge in [0, 0.05) is 19.5 Å². The number of amides is 2. The van der Waals surface area contributed by atoms with Gasteiger partial charge in [0.15, 0.2) is 5.78 Å². The van der Waals surface area contributed by atoms with E-state index in [1.54, 1.807) is 18.7 Å². The van der Waals surface area contributed by atoms with Crippen molar-refractivity contribution in [1.82, 2.24) is 10.2 Å². The van der Waals surface area contributed by atoms with Crippen molar-refractivity contribution in [3.8, 4) is 0 Å². The second kappa shape index (κ2) is 5.70. The summed E-state index contributed by atoms with van der Waals surface area (Å²) in [5.74, 6) is 0.0524. The molecule has 0 bridgehead atoms. The van der Waals surface area contributed by atoms with Crippen LogP contribution in [0.1, 0.15) is 20.3 Å². The van der Waals surface area contributed by atoms with Gasteiger partial charge in [-0.1, -0.05) is 6.92 Å². The Morgan fingerprint density at radius 2 is 2.00 bits per heavy atom. The molecular weight excluding hydrogens is 196 g/mol. The summed E-state index contributed by atoms with van der Waals surface area (Å²) in [5.41, 5.74) is 0. The molecule has 5 heteroatoms. The Morgan fingerprint density at radius 1 is 1.40 bits per heavy atom. The molecule has 0 saturated carbocycles. The highest BCUT2D eigenvalue weighted by molar-refractivity contribution is 5.87. The van der Waals surface area contributed by atoms with E-state index in [-0.39, 0.29) is 11.8 Å². The van der Waals surface area contributed by atoms with Gasteiger partial charge in [-0.2, -0.15) is 0 Å². The molecule has 86 valence electrons. The highest BCUT2D eigenvalue weighted by Crippen LogP contribution is 1.98. The number of hydrogen-bond acceptors (Lipinski definition) is 3. The van der Waals surface area contributed by atoms with E-state index in [9.17, 15) is 9.59 Å². The lowest BCUT2D eigenvalue weighted by Gasteiger charge is -2.28. The molecule has 1 unspecified atom stereocenters. The van der Waals surface area contributed by atoms with E-state index >= 15 is 0 Å². The molecular formula is C10H18N2O3. The summed E-state index contributed by atoms with van der Waals surface area (Å²) in [6.45, 7) is 5.84. The number of Topliss-reactive ketones (excluding diaryl/α,β-unsaturated/α-hetero) is 1. The molecule has 1 fully saturated rings. The Morgan fingerprint density at radius 3 is 2.53 bits per heavy atom. The standard InChI is InChI=1S/C10H18N2O3/c1-3-9(13)8(2)11-10(14)12-4-6-15-7-5-12/h8H,3-7H2,1-2H3,(H,11,14). The molecule has 5 nitrogen and oxygen atoms in total. The molecule has 15 heavy (non-hydrogen) atoms. The van der Waals surface area contributed by atoms with Crippen LogP contribution in [0.25, 0.3) is 0 Å². The molecule has 0 aromatic heterocycles. The van der Waals surface area contributed by atoms with Crippen molar-refractivity contribution >= 4 is 11.8 Å². The smallest absolute Gasteiger partial charge is 0.318 e. The summed E-state index contributed by atoms with van der Waals surface area (Å²) in [7, 11) is 0. The lowest BCUT2D eigenvalue weighted by Crippen LogP contribution is -2.50. The molecule has 0 aromatic rings. The van der Waals surface area contributed by atoms with Crippen molar-refractivity contribution in [1.29, 1.82) is 0 Å². The Balaban J connectivity index is 2.36. The van der Waals surface area contributed by atoms with E-state index in [0.717, 1.165) is 0 Å². The molecule has 0 radical (unpaired) electrons. The first kappa shape index (κ1) is 12.0. The van der Waals surface area contributed by atoms with E-state index in [0.29, 0.717) is 32.7 Å². The highest BCUT2D eigenvalue weighted by atomic mass is 16.5. The monoisotopic (exact) mass is 214 g/mol. The van der Waals surface area contributed by atoms with Crippen molar-refractivity contribution in [3.63, 3.8) is 0 Å². The van der Waals surface area contributed by atoms with Gasteiger partial charge in [0.05, 0.1) is 19.3 Å².